The molecule has 4 heteroatoms. The summed E-state index contributed by atoms with van der Waals surface area (Å²) in [6.45, 7) is 0.185. The van der Waals surface area contributed by atoms with E-state index >= 15 is 0 Å². The summed E-state index contributed by atoms with van der Waals surface area (Å²) in [6.07, 6.45) is 8.90. The zero-order chi connectivity index (χ0) is 10.9. The molecule has 0 amide bonds. The Morgan fingerprint density at radius 1 is 0.786 bits per heavy atom. The molecule has 0 aliphatic carbocycles. The highest BCUT2D eigenvalue weighted by Crippen LogP contribution is 2.23. The van der Waals surface area contributed by atoms with Crippen molar-refractivity contribution in [2.45, 2.75) is 57.5 Å². The number of hydrogen-bond donors (Lipinski definition) is 0. The predicted molar refractivity (Wildman–Crippen MR) is 71.2 cm³/mol. The van der Waals surface area contributed by atoms with E-state index in [0.717, 1.165) is 18.3 Å². The van der Waals surface area contributed by atoms with Gasteiger partial charge in [-0.1, -0.05) is 38.5 Å². The maximum absolute atomic E-state index is 6.00. The second-order valence-corrected chi connectivity index (χ2v) is 12.6. The van der Waals surface area contributed by atoms with Gasteiger partial charge in [0.15, 0.2) is 0 Å². The van der Waals surface area contributed by atoms with Crippen molar-refractivity contribution in [1.29, 1.82) is 0 Å². The van der Waals surface area contributed by atoms with Crippen molar-refractivity contribution >= 4 is 40.5 Å². The van der Waals surface area contributed by atoms with Crippen molar-refractivity contribution in [1.82, 2.24) is 0 Å². The lowest BCUT2D eigenvalue weighted by Crippen LogP contribution is -2.11. The molecule has 14 heavy (non-hydrogen) atoms. The van der Waals surface area contributed by atoms with Gasteiger partial charge in [0.2, 0.25) is 6.69 Å². The van der Waals surface area contributed by atoms with Crippen molar-refractivity contribution in [3.63, 3.8) is 0 Å². The van der Waals surface area contributed by atoms with E-state index in [1.807, 2.05) is 6.55 Å². The molecule has 0 aromatic rings. The van der Waals surface area contributed by atoms with Crippen molar-refractivity contribution in [3.05, 3.63) is 0 Å². The van der Waals surface area contributed by atoms with Crippen molar-refractivity contribution in [3.8, 4) is 0 Å². The standard InChI is InChI=1S/C10H21Cl3Si/c1-14(12,13)10-8-6-4-2-3-5-7-9-11/h2-10H2,1H3. The van der Waals surface area contributed by atoms with Gasteiger partial charge >= 0.3 is 0 Å². The lowest BCUT2D eigenvalue weighted by Gasteiger charge is -2.08. The fraction of sp³-hybridized carbons (Fsp3) is 1.00. The molecule has 0 heterocycles. The normalized spacial score (nSPS) is 12.0. The number of unbranched alkanes of at least 4 members (excludes halogenated alkanes) is 6. The fourth-order valence-electron chi connectivity index (χ4n) is 1.41. The molecule has 0 unspecified atom stereocenters. The Labute approximate surface area is 104 Å². The van der Waals surface area contributed by atoms with E-state index in [1.165, 1.54) is 38.5 Å². The third-order valence-electron chi connectivity index (χ3n) is 2.25. The topological polar surface area (TPSA) is 0 Å². The van der Waals surface area contributed by atoms with Crippen LogP contribution in [0.2, 0.25) is 12.6 Å². The van der Waals surface area contributed by atoms with E-state index in [1.54, 1.807) is 0 Å². The first-order chi connectivity index (χ1) is 6.56. The van der Waals surface area contributed by atoms with Crippen LogP contribution in [-0.4, -0.2) is 12.6 Å². The van der Waals surface area contributed by atoms with Gasteiger partial charge in [0.25, 0.3) is 0 Å². The van der Waals surface area contributed by atoms with Crippen LogP contribution in [0.3, 0.4) is 0 Å². The summed E-state index contributed by atoms with van der Waals surface area (Å²) in [5.41, 5.74) is 0. The van der Waals surface area contributed by atoms with Gasteiger partial charge in [-0.15, -0.1) is 33.8 Å². The van der Waals surface area contributed by atoms with E-state index in [4.69, 9.17) is 33.8 Å². The van der Waals surface area contributed by atoms with Crippen molar-refractivity contribution < 1.29 is 0 Å². The molecule has 0 aliphatic rings. The second kappa shape index (κ2) is 9.32. The summed E-state index contributed by atoms with van der Waals surface area (Å²) in [4.78, 5) is 0. The van der Waals surface area contributed by atoms with Gasteiger partial charge in [-0.2, -0.15) is 0 Å². The van der Waals surface area contributed by atoms with Crippen LogP contribution in [0.15, 0.2) is 0 Å². The van der Waals surface area contributed by atoms with Gasteiger partial charge in [-0.25, -0.2) is 0 Å². The van der Waals surface area contributed by atoms with Gasteiger partial charge in [-0.3, -0.25) is 0 Å². The Morgan fingerprint density at radius 3 is 1.64 bits per heavy atom. The van der Waals surface area contributed by atoms with E-state index < -0.39 is 6.69 Å². The van der Waals surface area contributed by atoms with Gasteiger partial charge in [0, 0.05) is 5.88 Å². The minimum absolute atomic E-state index is 0.808. The zero-order valence-electron chi connectivity index (χ0n) is 9.00. The van der Waals surface area contributed by atoms with Crippen LogP contribution >= 0.6 is 33.8 Å². The summed E-state index contributed by atoms with van der Waals surface area (Å²) in [6, 6.07) is 1.04. The molecule has 0 rings (SSSR count). The van der Waals surface area contributed by atoms with E-state index in [0.29, 0.717) is 0 Å². The van der Waals surface area contributed by atoms with Crippen LogP contribution in [0.5, 0.6) is 0 Å². The van der Waals surface area contributed by atoms with E-state index in [9.17, 15) is 0 Å². The number of hydrogen-bond acceptors (Lipinski definition) is 0. The van der Waals surface area contributed by atoms with Crippen molar-refractivity contribution in [2.75, 3.05) is 5.88 Å². The predicted octanol–water partition coefficient (Wildman–Crippen LogP) is 5.51. The van der Waals surface area contributed by atoms with E-state index in [2.05, 4.69) is 0 Å². The lowest BCUT2D eigenvalue weighted by molar-refractivity contribution is 0.602. The molecule has 0 saturated heterocycles. The highest BCUT2D eigenvalue weighted by molar-refractivity contribution is 7.44. The average Bonchev–Trinajstić information content (AvgIpc) is 2.08. The SMILES string of the molecule is C[Si](Cl)(Cl)CCCCCCCCCCl. The first-order valence-electron chi connectivity index (χ1n) is 5.50. The monoisotopic (exact) mass is 274 g/mol. The molecule has 86 valence electrons. The molecule has 0 atom stereocenters. The Bertz CT molecular complexity index is 123. The Kier molecular flexibility index (Phi) is 10.0. The Hall–Kier alpha value is 1.09. The minimum Gasteiger partial charge on any atom is -0.146 e. The van der Waals surface area contributed by atoms with Gasteiger partial charge in [0.1, 0.15) is 0 Å². The van der Waals surface area contributed by atoms with Crippen LogP contribution in [0, 0.1) is 0 Å². The highest BCUT2D eigenvalue weighted by atomic mass is 35.7. The smallest absolute Gasteiger partial charge is 0.146 e. The number of rotatable bonds is 9. The van der Waals surface area contributed by atoms with Crippen LogP contribution in [0.1, 0.15) is 44.9 Å². The maximum atomic E-state index is 6.00. The molecule has 0 fully saturated rings. The third-order valence-corrected chi connectivity index (χ3v) is 4.88. The molecule has 0 nitrogen and oxygen atoms in total. The number of alkyl halides is 1. The largest absolute Gasteiger partial charge is 0.248 e. The van der Waals surface area contributed by atoms with Gasteiger partial charge in [0.05, 0.1) is 0 Å². The molecule has 0 bridgehead atoms. The maximum Gasteiger partial charge on any atom is 0.248 e. The third kappa shape index (κ3) is 13.1. The molecule has 0 spiro atoms. The average molecular weight is 276 g/mol. The molecule has 0 N–H and O–H groups in total. The Balaban J connectivity index is 2.99. The summed E-state index contributed by atoms with van der Waals surface area (Å²) in [7, 11) is 0. The van der Waals surface area contributed by atoms with Crippen LogP contribution in [-0.2, 0) is 0 Å². The second-order valence-electron chi connectivity index (χ2n) is 3.98. The van der Waals surface area contributed by atoms with Gasteiger partial charge < -0.3 is 0 Å². The van der Waals surface area contributed by atoms with Crippen LogP contribution in [0.25, 0.3) is 0 Å². The summed E-state index contributed by atoms with van der Waals surface area (Å²) < 4.78 is 0. The molecule has 0 saturated carbocycles. The van der Waals surface area contributed by atoms with Gasteiger partial charge in [-0.05, 0) is 19.0 Å². The van der Waals surface area contributed by atoms with Crippen LogP contribution in [0.4, 0.5) is 0 Å². The molecular weight excluding hydrogens is 255 g/mol. The first kappa shape index (κ1) is 15.1. The summed E-state index contributed by atoms with van der Waals surface area (Å²) in [5.74, 6) is 0.808. The molecule has 0 aliphatic heterocycles. The summed E-state index contributed by atoms with van der Waals surface area (Å²) >= 11 is 17.6. The molecule has 0 aromatic carbocycles. The molecular formula is C10H21Cl3Si. The Morgan fingerprint density at radius 2 is 1.21 bits per heavy atom. The zero-order valence-corrected chi connectivity index (χ0v) is 12.3. The minimum atomic E-state index is -1.81. The quantitative estimate of drug-likeness (QED) is 0.225. The number of halogens is 3. The highest BCUT2D eigenvalue weighted by Gasteiger charge is 2.19. The van der Waals surface area contributed by atoms with E-state index in [-0.39, 0.29) is 0 Å². The molecule has 0 radical (unpaired) electrons. The first-order valence-corrected chi connectivity index (χ1v) is 10.8. The molecule has 0 aromatic heterocycles. The van der Waals surface area contributed by atoms with Crippen LogP contribution < -0.4 is 0 Å². The fourth-order valence-corrected chi connectivity index (χ4v) is 3.28. The summed E-state index contributed by atoms with van der Waals surface area (Å²) in [5, 5.41) is 0. The van der Waals surface area contributed by atoms with Crippen molar-refractivity contribution in [2.24, 2.45) is 0 Å². The lowest BCUT2D eigenvalue weighted by atomic mass is 10.1.